The third-order valence-electron chi connectivity index (χ3n) is 4.43. The first-order valence-corrected chi connectivity index (χ1v) is 10.7. The molecule has 0 aromatic heterocycles. The number of hydrogen-bond acceptors (Lipinski definition) is 3. The van der Waals surface area contributed by atoms with Crippen molar-refractivity contribution in [1.82, 2.24) is 0 Å². The van der Waals surface area contributed by atoms with Crippen LogP contribution in [0.15, 0.2) is 0 Å². The highest BCUT2D eigenvalue weighted by Crippen LogP contribution is 2.19. The fraction of sp³-hybridized carbons (Fsp3) is 0.955. The summed E-state index contributed by atoms with van der Waals surface area (Å²) in [4.78, 5) is 11.8. The van der Waals surface area contributed by atoms with Crippen molar-refractivity contribution in [1.29, 1.82) is 0 Å². The Labute approximate surface area is 157 Å². The molecule has 3 nitrogen and oxygen atoms in total. The molecule has 0 aliphatic heterocycles. The van der Waals surface area contributed by atoms with Gasteiger partial charge in [-0.05, 0) is 39.5 Å². The van der Waals surface area contributed by atoms with Crippen molar-refractivity contribution < 1.29 is 14.3 Å². The molecule has 0 spiro atoms. The maximum absolute atomic E-state index is 11.8. The van der Waals surface area contributed by atoms with E-state index in [0.29, 0.717) is 12.5 Å². The molecular weight excluding hydrogens is 312 g/mol. The minimum absolute atomic E-state index is 0.0826. The van der Waals surface area contributed by atoms with Crippen LogP contribution in [0.25, 0.3) is 0 Å². The van der Waals surface area contributed by atoms with Crippen molar-refractivity contribution in [3.8, 4) is 0 Å². The molecule has 0 aromatic rings. The third kappa shape index (κ3) is 18.0. The molecule has 0 aliphatic rings. The van der Waals surface area contributed by atoms with Crippen molar-refractivity contribution in [2.45, 2.75) is 117 Å². The number of rotatable bonds is 16. The summed E-state index contributed by atoms with van der Waals surface area (Å²) >= 11 is 0. The van der Waals surface area contributed by atoms with Crippen LogP contribution in [0.4, 0.5) is 0 Å². The van der Waals surface area contributed by atoms with Gasteiger partial charge in [-0.25, -0.2) is 4.79 Å². The second-order valence-corrected chi connectivity index (χ2v) is 8.37. The van der Waals surface area contributed by atoms with Crippen molar-refractivity contribution in [3.05, 3.63) is 0 Å². The van der Waals surface area contributed by atoms with Crippen molar-refractivity contribution >= 4 is 5.97 Å². The van der Waals surface area contributed by atoms with E-state index in [-0.39, 0.29) is 12.6 Å². The quantitative estimate of drug-likeness (QED) is 0.228. The van der Waals surface area contributed by atoms with Gasteiger partial charge in [-0.3, -0.25) is 0 Å². The lowest BCUT2D eigenvalue weighted by Gasteiger charge is -2.20. The molecule has 3 heteroatoms. The fourth-order valence-electron chi connectivity index (χ4n) is 3.06. The summed E-state index contributed by atoms with van der Waals surface area (Å²) in [6, 6.07) is 0. The monoisotopic (exact) mass is 356 g/mol. The molecule has 150 valence electrons. The van der Waals surface area contributed by atoms with E-state index in [1.165, 1.54) is 77.0 Å². The number of esters is 1. The van der Waals surface area contributed by atoms with E-state index in [9.17, 15) is 4.79 Å². The number of hydrogen-bond donors (Lipinski definition) is 0. The molecule has 1 atom stereocenters. The van der Waals surface area contributed by atoms with Crippen LogP contribution in [-0.4, -0.2) is 24.8 Å². The number of carbonyl (C=O) groups excluding carboxylic acids is 1. The lowest BCUT2D eigenvalue weighted by Crippen LogP contribution is -2.27. The van der Waals surface area contributed by atoms with Crippen LogP contribution in [0.1, 0.15) is 112 Å². The Morgan fingerprint density at radius 2 is 1.28 bits per heavy atom. The van der Waals surface area contributed by atoms with Gasteiger partial charge in [0.2, 0.25) is 0 Å². The smallest absolute Gasteiger partial charge is 0.332 e. The Balaban J connectivity index is 4.00. The van der Waals surface area contributed by atoms with E-state index in [0.717, 1.165) is 0 Å². The maximum atomic E-state index is 11.8. The van der Waals surface area contributed by atoms with Gasteiger partial charge < -0.3 is 9.47 Å². The molecule has 0 heterocycles. The summed E-state index contributed by atoms with van der Waals surface area (Å²) in [7, 11) is 0. The van der Waals surface area contributed by atoms with Crippen molar-refractivity contribution in [2.75, 3.05) is 13.2 Å². The van der Waals surface area contributed by atoms with E-state index in [4.69, 9.17) is 9.47 Å². The second-order valence-electron chi connectivity index (χ2n) is 8.37. The summed E-state index contributed by atoms with van der Waals surface area (Å²) in [5, 5.41) is 0. The topological polar surface area (TPSA) is 35.5 Å². The van der Waals surface area contributed by atoms with Crippen molar-refractivity contribution in [2.24, 2.45) is 5.92 Å². The van der Waals surface area contributed by atoms with Gasteiger partial charge in [0.25, 0.3) is 0 Å². The van der Waals surface area contributed by atoms with E-state index >= 15 is 0 Å². The second kappa shape index (κ2) is 15.7. The minimum atomic E-state index is -0.432. The van der Waals surface area contributed by atoms with Gasteiger partial charge in [0.15, 0.2) is 0 Å². The number of ether oxygens (including phenoxy) is 2. The van der Waals surface area contributed by atoms with E-state index in [1.54, 1.807) is 0 Å². The molecule has 25 heavy (non-hydrogen) atoms. The number of unbranched alkanes of at least 4 members (excludes halogenated alkanes) is 8. The predicted molar refractivity (Wildman–Crippen MR) is 107 cm³/mol. The van der Waals surface area contributed by atoms with Gasteiger partial charge in [0.1, 0.15) is 12.2 Å². The highest BCUT2D eigenvalue weighted by atomic mass is 16.6. The summed E-state index contributed by atoms with van der Waals surface area (Å²) in [5.74, 6) is 0.335. The van der Waals surface area contributed by atoms with Crippen LogP contribution in [0.5, 0.6) is 0 Å². The van der Waals surface area contributed by atoms with Crippen LogP contribution in [0, 0.1) is 5.92 Å². The molecule has 0 saturated heterocycles. The SMILES string of the molecule is CCCCCCCCC(CCCCCC)COCC(=O)OC(C)(C)C. The van der Waals surface area contributed by atoms with Crippen LogP contribution in [0.3, 0.4) is 0 Å². The number of carbonyl (C=O) groups is 1. The molecule has 0 rings (SSSR count). The standard InChI is InChI=1S/C22H44O3/c1-6-8-10-12-13-15-17-20(16-14-11-9-7-2)18-24-19-21(23)25-22(3,4)5/h20H,6-19H2,1-5H3. The Hall–Kier alpha value is -0.570. The first kappa shape index (κ1) is 24.4. The Morgan fingerprint density at radius 3 is 1.80 bits per heavy atom. The highest BCUT2D eigenvalue weighted by Gasteiger charge is 2.17. The highest BCUT2D eigenvalue weighted by molar-refractivity contribution is 5.71. The molecular formula is C22H44O3. The van der Waals surface area contributed by atoms with Gasteiger partial charge >= 0.3 is 5.97 Å². The van der Waals surface area contributed by atoms with E-state index in [1.807, 2.05) is 20.8 Å². The van der Waals surface area contributed by atoms with Crippen LogP contribution < -0.4 is 0 Å². The van der Waals surface area contributed by atoms with Gasteiger partial charge in [-0.2, -0.15) is 0 Å². The molecule has 0 radical (unpaired) electrons. The lowest BCUT2D eigenvalue weighted by molar-refractivity contribution is -0.160. The predicted octanol–water partition coefficient (Wildman–Crippen LogP) is 6.68. The maximum Gasteiger partial charge on any atom is 0.332 e. The van der Waals surface area contributed by atoms with Crippen LogP contribution in [-0.2, 0) is 14.3 Å². The fourth-order valence-corrected chi connectivity index (χ4v) is 3.06. The van der Waals surface area contributed by atoms with Crippen molar-refractivity contribution in [3.63, 3.8) is 0 Å². The zero-order valence-electron chi connectivity index (χ0n) is 17.7. The molecule has 0 fully saturated rings. The zero-order chi connectivity index (χ0) is 19.0. The molecule has 0 saturated carbocycles. The van der Waals surface area contributed by atoms with Gasteiger partial charge in [0, 0.05) is 0 Å². The molecule has 0 bridgehead atoms. The summed E-state index contributed by atoms with van der Waals surface area (Å²) in [5.41, 5.74) is -0.432. The molecule has 1 unspecified atom stereocenters. The zero-order valence-corrected chi connectivity index (χ0v) is 17.7. The molecule has 0 aliphatic carbocycles. The van der Waals surface area contributed by atoms with Gasteiger partial charge in [-0.1, -0.05) is 78.1 Å². The third-order valence-corrected chi connectivity index (χ3v) is 4.43. The largest absolute Gasteiger partial charge is 0.458 e. The van der Waals surface area contributed by atoms with E-state index < -0.39 is 5.60 Å². The average molecular weight is 357 g/mol. The molecule has 0 aromatic carbocycles. The Kier molecular flexibility index (Phi) is 15.3. The Bertz CT molecular complexity index is 307. The van der Waals surface area contributed by atoms with Crippen LogP contribution >= 0.6 is 0 Å². The van der Waals surface area contributed by atoms with E-state index in [2.05, 4.69) is 13.8 Å². The van der Waals surface area contributed by atoms with Gasteiger partial charge in [0.05, 0.1) is 6.61 Å². The van der Waals surface area contributed by atoms with Gasteiger partial charge in [-0.15, -0.1) is 0 Å². The summed E-state index contributed by atoms with van der Waals surface area (Å²) < 4.78 is 11.0. The first-order valence-electron chi connectivity index (χ1n) is 10.7. The molecule has 0 amide bonds. The first-order chi connectivity index (χ1) is 11.9. The van der Waals surface area contributed by atoms with Crippen LogP contribution in [0.2, 0.25) is 0 Å². The summed E-state index contributed by atoms with van der Waals surface area (Å²) in [6.07, 6.45) is 15.7. The molecule has 0 N–H and O–H groups in total. The normalized spacial score (nSPS) is 13.0. The minimum Gasteiger partial charge on any atom is -0.458 e. The Morgan fingerprint density at radius 1 is 0.800 bits per heavy atom. The average Bonchev–Trinajstić information content (AvgIpc) is 2.52. The summed E-state index contributed by atoms with van der Waals surface area (Å²) in [6.45, 7) is 10.9. The lowest BCUT2D eigenvalue weighted by atomic mass is 9.95.